The Labute approximate surface area is 122 Å². The summed E-state index contributed by atoms with van der Waals surface area (Å²) in [6.07, 6.45) is 5.77. The van der Waals surface area contributed by atoms with E-state index in [-0.39, 0.29) is 4.90 Å². The molecule has 0 amide bonds. The first-order valence-corrected chi connectivity index (χ1v) is 8.63. The molecule has 6 heteroatoms. The number of hydrogen-bond acceptors (Lipinski definition) is 4. The highest BCUT2D eigenvalue weighted by molar-refractivity contribution is 7.89. The third kappa shape index (κ3) is 5.46. The highest BCUT2D eigenvalue weighted by Crippen LogP contribution is 2.19. The summed E-state index contributed by atoms with van der Waals surface area (Å²) in [5.41, 5.74) is 0.609. The van der Waals surface area contributed by atoms with E-state index in [9.17, 15) is 8.42 Å². The van der Waals surface area contributed by atoms with Crippen LogP contribution in [-0.2, 0) is 10.0 Å². The zero-order chi connectivity index (χ0) is 15.0. The Morgan fingerprint density at radius 2 is 2.05 bits per heavy atom. The maximum atomic E-state index is 12.3. The standard InChI is InChI=1S/C14H25N3O2S/c1-4-8-16-13-7-10-15-11-14(13)20(18,19)17-9-5-6-12(2)3/h7,10-12,17H,4-6,8-9H2,1-3H3,(H,15,16). The Kier molecular flexibility index (Phi) is 6.95. The molecule has 0 atom stereocenters. The van der Waals surface area contributed by atoms with E-state index in [2.05, 4.69) is 28.9 Å². The van der Waals surface area contributed by atoms with Gasteiger partial charge in [0.2, 0.25) is 10.0 Å². The molecule has 1 rings (SSSR count). The van der Waals surface area contributed by atoms with Crippen molar-refractivity contribution in [1.29, 1.82) is 0 Å². The molecule has 0 radical (unpaired) electrons. The molecule has 2 N–H and O–H groups in total. The van der Waals surface area contributed by atoms with Crippen molar-refractivity contribution in [3.63, 3.8) is 0 Å². The van der Waals surface area contributed by atoms with E-state index in [0.717, 1.165) is 25.8 Å². The van der Waals surface area contributed by atoms with Crippen LogP contribution in [0.5, 0.6) is 0 Å². The van der Waals surface area contributed by atoms with Gasteiger partial charge in [-0.2, -0.15) is 0 Å². The number of aromatic nitrogens is 1. The summed E-state index contributed by atoms with van der Waals surface area (Å²) < 4.78 is 27.2. The molecule has 0 aromatic carbocycles. The Balaban J connectivity index is 2.71. The van der Waals surface area contributed by atoms with E-state index in [1.165, 1.54) is 6.20 Å². The first kappa shape index (κ1) is 16.9. The molecule has 0 saturated carbocycles. The highest BCUT2D eigenvalue weighted by atomic mass is 32.2. The average molecular weight is 299 g/mol. The number of pyridine rings is 1. The third-order valence-electron chi connectivity index (χ3n) is 2.89. The molecule has 0 fully saturated rings. The van der Waals surface area contributed by atoms with Gasteiger partial charge >= 0.3 is 0 Å². The van der Waals surface area contributed by atoms with E-state index in [1.807, 2.05) is 6.92 Å². The molecule has 20 heavy (non-hydrogen) atoms. The van der Waals surface area contributed by atoms with E-state index in [1.54, 1.807) is 12.3 Å². The molecule has 0 aliphatic carbocycles. The second-order valence-electron chi connectivity index (χ2n) is 5.23. The zero-order valence-electron chi connectivity index (χ0n) is 12.5. The number of anilines is 1. The molecule has 1 heterocycles. The second-order valence-corrected chi connectivity index (χ2v) is 6.97. The largest absolute Gasteiger partial charge is 0.384 e. The number of nitrogens with one attached hydrogen (secondary N) is 2. The number of hydrogen-bond donors (Lipinski definition) is 2. The fourth-order valence-corrected chi connectivity index (χ4v) is 2.99. The molecule has 0 unspecified atom stereocenters. The first-order chi connectivity index (χ1) is 9.47. The monoisotopic (exact) mass is 299 g/mol. The molecular formula is C14H25N3O2S. The summed E-state index contributed by atoms with van der Waals surface area (Å²) in [6.45, 7) is 7.49. The van der Waals surface area contributed by atoms with Crippen molar-refractivity contribution in [1.82, 2.24) is 9.71 Å². The topological polar surface area (TPSA) is 71.1 Å². The fourth-order valence-electron chi connectivity index (χ4n) is 1.79. The summed E-state index contributed by atoms with van der Waals surface area (Å²) in [6, 6.07) is 1.69. The minimum atomic E-state index is -3.49. The lowest BCUT2D eigenvalue weighted by Crippen LogP contribution is -2.26. The van der Waals surface area contributed by atoms with Gasteiger partial charge in [-0.1, -0.05) is 20.8 Å². The van der Waals surface area contributed by atoms with Gasteiger partial charge in [-0.05, 0) is 31.2 Å². The SMILES string of the molecule is CCCNc1ccncc1S(=O)(=O)NCCCC(C)C. The van der Waals surface area contributed by atoms with Crippen molar-refractivity contribution < 1.29 is 8.42 Å². The van der Waals surface area contributed by atoms with Gasteiger partial charge in [0.15, 0.2) is 0 Å². The van der Waals surface area contributed by atoms with Gasteiger partial charge in [0, 0.05) is 25.5 Å². The second kappa shape index (κ2) is 8.21. The molecule has 0 spiro atoms. The van der Waals surface area contributed by atoms with Gasteiger partial charge < -0.3 is 5.32 Å². The van der Waals surface area contributed by atoms with Crippen LogP contribution in [0.25, 0.3) is 0 Å². The van der Waals surface area contributed by atoms with Crippen molar-refractivity contribution in [2.75, 3.05) is 18.4 Å². The molecule has 1 aromatic heterocycles. The van der Waals surface area contributed by atoms with Crippen molar-refractivity contribution >= 4 is 15.7 Å². The van der Waals surface area contributed by atoms with E-state index < -0.39 is 10.0 Å². The van der Waals surface area contributed by atoms with Crippen LogP contribution in [0.4, 0.5) is 5.69 Å². The Hall–Kier alpha value is -1.14. The van der Waals surface area contributed by atoms with Gasteiger partial charge in [-0.25, -0.2) is 13.1 Å². The Bertz CT molecular complexity index is 501. The minimum Gasteiger partial charge on any atom is -0.384 e. The molecule has 0 bridgehead atoms. The first-order valence-electron chi connectivity index (χ1n) is 7.15. The summed E-state index contributed by atoms with van der Waals surface area (Å²) in [7, 11) is -3.49. The fraction of sp³-hybridized carbons (Fsp3) is 0.643. The summed E-state index contributed by atoms with van der Waals surface area (Å²) in [5, 5.41) is 3.12. The normalized spacial score (nSPS) is 11.8. The average Bonchev–Trinajstić information content (AvgIpc) is 2.41. The predicted octanol–water partition coefficient (Wildman–Crippen LogP) is 2.62. The van der Waals surface area contributed by atoms with Crippen molar-refractivity contribution in [2.45, 2.75) is 44.9 Å². The molecule has 5 nitrogen and oxygen atoms in total. The molecule has 1 aromatic rings. The van der Waals surface area contributed by atoms with Crippen molar-refractivity contribution in [3.8, 4) is 0 Å². The van der Waals surface area contributed by atoms with Crippen LogP contribution < -0.4 is 10.0 Å². The van der Waals surface area contributed by atoms with Gasteiger partial charge in [-0.3, -0.25) is 4.98 Å². The lowest BCUT2D eigenvalue weighted by Gasteiger charge is -2.12. The molecule has 114 valence electrons. The van der Waals surface area contributed by atoms with Gasteiger partial charge in [0.05, 0.1) is 5.69 Å². The number of sulfonamides is 1. The van der Waals surface area contributed by atoms with E-state index >= 15 is 0 Å². The predicted molar refractivity (Wildman–Crippen MR) is 82.3 cm³/mol. The smallest absolute Gasteiger partial charge is 0.244 e. The Morgan fingerprint density at radius 3 is 2.70 bits per heavy atom. The zero-order valence-corrected chi connectivity index (χ0v) is 13.3. The molecule has 0 saturated heterocycles. The molecular weight excluding hydrogens is 274 g/mol. The van der Waals surface area contributed by atoms with Crippen LogP contribution in [0, 0.1) is 5.92 Å². The minimum absolute atomic E-state index is 0.220. The molecule has 0 aliphatic rings. The highest BCUT2D eigenvalue weighted by Gasteiger charge is 2.18. The van der Waals surface area contributed by atoms with E-state index in [0.29, 0.717) is 18.2 Å². The van der Waals surface area contributed by atoms with Crippen LogP contribution in [-0.4, -0.2) is 26.5 Å². The van der Waals surface area contributed by atoms with Crippen LogP contribution in [0.3, 0.4) is 0 Å². The lowest BCUT2D eigenvalue weighted by atomic mass is 10.1. The van der Waals surface area contributed by atoms with Crippen molar-refractivity contribution in [3.05, 3.63) is 18.5 Å². The Morgan fingerprint density at radius 1 is 1.30 bits per heavy atom. The lowest BCUT2D eigenvalue weighted by molar-refractivity contribution is 0.540. The molecule has 0 aliphatic heterocycles. The van der Waals surface area contributed by atoms with Crippen LogP contribution in [0.15, 0.2) is 23.4 Å². The van der Waals surface area contributed by atoms with E-state index in [4.69, 9.17) is 0 Å². The van der Waals surface area contributed by atoms with Crippen LogP contribution in [0.1, 0.15) is 40.0 Å². The van der Waals surface area contributed by atoms with Gasteiger partial charge in [0.25, 0.3) is 0 Å². The van der Waals surface area contributed by atoms with Gasteiger partial charge in [-0.15, -0.1) is 0 Å². The van der Waals surface area contributed by atoms with Gasteiger partial charge in [0.1, 0.15) is 4.90 Å². The summed E-state index contributed by atoms with van der Waals surface area (Å²) in [4.78, 5) is 4.14. The van der Waals surface area contributed by atoms with Crippen LogP contribution in [0.2, 0.25) is 0 Å². The quantitative estimate of drug-likeness (QED) is 0.688. The maximum absolute atomic E-state index is 12.3. The summed E-state index contributed by atoms with van der Waals surface area (Å²) in [5.74, 6) is 0.583. The number of nitrogens with zero attached hydrogens (tertiary/aromatic N) is 1. The summed E-state index contributed by atoms with van der Waals surface area (Å²) >= 11 is 0. The van der Waals surface area contributed by atoms with Crippen LogP contribution >= 0.6 is 0 Å². The third-order valence-corrected chi connectivity index (χ3v) is 4.38. The number of rotatable bonds is 9. The van der Waals surface area contributed by atoms with Crippen molar-refractivity contribution in [2.24, 2.45) is 5.92 Å². The maximum Gasteiger partial charge on any atom is 0.244 e.